The standard InChI is InChI=1S/C27H39NO4Si/c1-26(2,3)32-25(30)28-20-16-17-24(31-19-20)23(29)18-27(4,5)33(21-12-8-6-9-13-21)22-14-10-7-11-15-22/h6-15,20,23-24,29,33H,16-19H2,1-5H3,(H,28,30). The fraction of sp³-hybridized carbons (Fsp3) is 0.519. The van der Waals surface area contributed by atoms with Crippen LogP contribution in [-0.4, -0.2) is 50.5 Å². The number of aliphatic hydroxyl groups is 1. The second-order valence-corrected chi connectivity index (χ2v) is 14.6. The van der Waals surface area contributed by atoms with Gasteiger partial charge in [0.15, 0.2) is 0 Å². The van der Waals surface area contributed by atoms with E-state index in [0.29, 0.717) is 19.4 Å². The van der Waals surface area contributed by atoms with E-state index in [1.165, 1.54) is 10.4 Å². The summed E-state index contributed by atoms with van der Waals surface area (Å²) >= 11 is 0. The molecule has 33 heavy (non-hydrogen) atoms. The molecule has 0 bridgehead atoms. The van der Waals surface area contributed by atoms with Crippen molar-refractivity contribution >= 4 is 25.3 Å². The van der Waals surface area contributed by atoms with E-state index in [9.17, 15) is 9.90 Å². The molecular weight excluding hydrogens is 430 g/mol. The number of carbonyl (C=O) groups is 1. The van der Waals surface area contributed by atoms with E-state index in [0.717, 1.165) is 6.42 Å². The smallest absolute Gasteiger partial charge is 0.407 e. The van der Waals surface area contributed by atoms with Crippen molar-refractivity contribution in [3.05, 3.63) is 60.7 Å². The second kappa shape index (κ2) is 10.8. The fourth-order valence-electron chi connectivity index (χ4n) is 4.84. The highest BCUT2D eigenvalue weighted by molar-refractivity contribution is 6.87. The van der Waals surface area contributed by atoms with Gasteiger partial charge in [0.2, 0.25) is 0 Å². The number of ether oxygens (including phenoxy) is 2. The molecule has 1 heterocycles. The molecule has 0 aliphatic carbocycles. The van der Waals surface area contributed by atoms with E-state index in [1.807, 2.05) is 20.8 Å². The Kier molecular flexibility index (Phi) is 8.37. The van der Waals surface area contributed by atoms with Gasteiger partial charge in [-0.2, -0.15) is 0 Å². The van der Waals surface area contributed by atoms with Gasteiger partial charge in [0.1, 0.15) is 14.4 Å². The molecule has 0 radical (unpaired) electrons. The van der Waals surface area contributed by atoms with Crippen LogP contribution >= 0.6 is 0 Å². The van der Waals surface area contributed by atoms with Gasteiger partial charge < -0.3 is 19.9 Å². The lowest BCUT2D eigenvalue weighted by atomic mass is 9.95. The lowest BCUT2D eigenvalue weighted by Gasteiger charge is -2.39. The topological polar surface area (TPSA) is 67.8 Å². The molecule has 2 N–H and O–H groups in total. The maximum Gasteiger partial charge on any atom is 0.407 e. The number of hydrogen-bond donors (Lipinski definition) is 2. The number of nitrogens with one attached hydrogen (secondary N) is 1. The Labute approximate surface area is 200 Å². The first-order valence-electron chi connectivity index (χ1n) is 11.9. The summed E-state index contributed by atoms with van der Waals surface area (Å²) in [5.74, 6) is 0. The van der Waals surface area contributed by atoms with Gasteiger partial charge in [-0.25, -0.2) is 4.79 Å². The van der Waals surface area contributed by atoms with Gasteiger partial charge in [-0.3, -0.25) is 0 Å². The van der Waals surface area contributed by atoms with Crippen LogP contribution in [0.5, 0.6) is 0 Å². The highest BCUT2D eigenvalue weighted by Crippen LogP contribution is 2.36. The van der Waals surface area contributed by atoms with Crippen molar-refractivity contribution in [1.82, 2.24) is 5.32 Å². The van der Waals surface area contributed by atoms with Gasteiger partial charge in [0, 0.05) is 0 Å². The SMILES string of the molecule is CC(C)(C)OC(=O)NC1CCC(C(O)CC(C)(C)[SiH](c2ccccc2)c2ccccc2)OC1. The van der Waals surface area contributed by atoms with Crippen LogP contribution in [0.3, 0.4) is 0 Å². The minimum absolute atomic E-state index is 0.0584. The Hall–Kier alpha value is -2.15. The highest BCUT2D eigenvalue weighted by Gasteiger charge is 2.38. The average Bonchev–Trinajstić information content (AvgIpc) is 2.74. The van der Waals surface area contributed by atoms with Crippen LogP contribution in [0.2, 0.25) is 5.04 Å². The molecule has 5 nitrogen and oxygen atoms in total. The third-order valence-electron chi connectivity index (χ3n) is 6.24. The molecule has 180 valence electrons. The summed E-state index contributed by atoms with van der Waals surface area (Å²) in [6.45, 7) is 10.5. The molecule has 1 aliphatic rings. The Morgan fingerprint density at radius 3 is 2.03 bits per heavy atom. The van der Waals surface area contributed by atoms with E-state index in [1.54, 1.807) is 0 Å². The number of hydrogen-bond acceptors (Lipinski definition) is 4. The largest absolute Gasteiger partial charge is 0.444 e. The number of rotatable bonds is 7. The van der Waals surface area contributed by atoms with Crippen molar-refractivity contribution in [3.8, 4) is 0 Å². The van der Waals surface area contributed by atoms with Crippen molar-refractivity contribution in [2.45, 2.75) is 82.8 Å². The first-order valence-corrected chi connectivity index (χ1v) is 13.7. The van der Waals surface area contributed by atoms with Crippen LogP contribution in [-0.2, 0) is 9.47 Å². The number of aliphatic hydroxyl groups excluding tert-OH is 1. The molecule has 1 saturated heterocycles. The maximum atomic E-state index is 12.0. The molecule has 0 saturated carbocycles. The van der Waals surface area contributed by atoms with Gasteiger partial charge in [-0.1, -0.05) is 84.9 Å². The fourth-order valence-corrected chi connectivity index (χ4v) is 8.72. The second-order valence-electron chi connectivity index (χ2n) is 10.8. The molecule has 1 amide bonds. The van der Waals surface area contributed by atoms with Crippen molar-refractivity contribution in [2.24, 2.45) is 0 Å². The Bertz CT molecular complexity index is 834. The predicted molar refractivity (Wildman–Crippen MR) is 136 cm³/mol. The van der Waals surface area contributed by atoms with Gasteiger partial charge in [0.05, 0.1) is 24.9 Å². The summed E-state index contributed by atoms with van der Waals surface area (Å²) < 4.78 is 11.4. The molecule has 2 aromatic rings. The average molecular weight is 470 g/mol. The lowest BCUT2D eigenvalue weighted by Crippen LogP contribution is -2.52. The summed E-state index contributed by atoms with van der Waals surface area (Å²) in [6, 6.07) is 21.3. The van der Waals surface area contributed by atoms with Crippen LogP contribution in [0, 0.1) is 0 Å². The zero-order chi connectivity index (χ0) is 24.1. The zero-order valence-electron chi connectivity index (χ0n) is 20.6. The molecule has 0 spiro atoms. The quantitative estimate of drug-likeness (QED) is 0.608. The molecule has 3 atom stereocenters. The first kappa shape index (κ1) is 25.5. The van der Waals surface area contributed by atoms with Crippen molar-refractivity contribution in [2.75, 3.05) is 6.61 Å². The summed E-state index contributed by atoms with van der Waals surface area (Å²) in [5, 5.41) is 16.7. The summed E-state index contributed by atoms with van der Waals surface area (Å²) in [6.07, 6.45) is 0.950. The summed E-state index contributed by atoms with van der Waals surface area (Å²) in [4.78, 5) is 12.0. The first-order chi connectivity index (χ1) is 15.5. The van der Waals surface area contributed by atoms with Crippen molar-refractivity contribution in [3.63, 3.8) is 0 Å². The summed E-state index contributed by atoms with van der Waals surface area (Å²) in [5.41, 5.74) is -0.526. The van der Waals surface area contributed by atoms with Crippen LogP contribution in [0.4, 0.5) is 4.79 Å². The monoisotopic (exact) mass is 469 g/mol. The number of alkyl carbamates (subject to hydrolysis) is 1. The van der Waals surface area contributed by atoms with Gasteiger partial charge in [0.25, 0.3) is 0 Å². The van der Waals surface area contributed by atoms with Crippen LogP contribution in [0.1, 0.15) is 53.9 Å². The molecule has 3 unspecified atom stereocenters. The molecule has 1 fully saturated rings. The van der Waals surface area contributed by atoms with Crippen LogP contribution < -0.4 is 15.7 Å². The Morgan fingerprint density at radius 2 is 1.58 bits per heavy atom. The number of amides is 1. The molecule has 0 aromatic heterocycles. The van der Waals surface area contributed by atoms with E-state index in [-0.39, 0.29) is 17.2 Å². The minimum atomic E-state index is -1.61. The van der Waals surface area contributed by atoms with Crippen molar-refractivity contribution in [1.29, 1.82) is 0 Å². The third kappa shape index (κ3) is 7.42. The third-order valence-corrected chi connectivity index (χ3v) is 10.1. The highest BCUT2D eigenvalue weighted by atomic mass is 28.3. The normalized spacial score (nSPS) is 20.3. The van der Waals surface area contributed by atoms with Gasteiger partial charge in [-0.05, 0) is 45.1 Å². The Balaban J connectivity index is 1.63. The van der Waals surface area contributed by atoms with Crippen LogP contribution in [0.25, 0.3) is 0 Å². The Morgan fingerprint density at radius 1 is 1.03 bits per heavy atom. The molecule has 3 rings (SSSR count). The maximum absolute atomic E-state index is 12.0. The molecule has 6 heteroatoms. The van der Waals surface area contributed by atoms with Gasteiger partial charge >= 0.3 is 6.09 Å². The number of carbonyl (C=O) groups excluding carboxylic acids is 1. The molecule has 1 aliphatic heterocycles. The predicted octanol–water partition coefficient (Wildman–Crippen LogP) is 3.63. The van der Waals surface area contributed by atoms with Crippen molar-refractivity contribution < 1.29 is 19.4 Å². The summed E-state index contributed by atoms with van der Waals surface area (Å²) in [7, 11) is -1.61. The number of benzene rings is 2. The van der Waals surface area contributed by atoms with Crippen LogP contribution in [0.15, 0.2) is 60.7 Å². The van der Waals surface area contributed by atoms with E-state index in [4.69, 9.17) is 9.47 Å². The van der Waals surface area contributed by atoms with E-state index in [2.05, 4.69) is 79.8 Å². The molecular formula is C27H39NO4Si. The lowest BCUT2D eigenvalue weighted by molar-refractivity contribution is -0.0772. The minimum Gasteiger partial charge on any atom is -0.444 e. The van der Waals surface area contributed by atoms with Gasteiger partial charge in [-0.15, -0.1) is 0 Å². The van der Waals surface area contributed by atoms with E-state index < -0.39 is 26.6 Å². The zero-order valence-corrected chi connectivity index (χ0v) is 21.7. The van der Waals surface area contributed by atoms with E-state index >= 15 is 0 Å². The molecule has 2 aromatic carbocycles.